The first kappa shape index (κ1) is 9.04. The molecule has 66 valence electrons. The van der Waals surface area contributed by atoms with Crippen LogP contribution in [0.3, 0.4) is 0 Å². The molecule has 0 spiro atoms. The lowest BCUT2D eigenvalue weighted by atomic mass is 10.0. The van der Waals surface area contributed by atoms with Crippen LogP contribution in [0.2, 0.25) is 0 Å². The van der Waals surface area contributed by atoms with E-state index in [1.807, 2.05) is 12.3 Å². The highest BCUT2D eigenvalue weighted by Gasteiger charge is 2.00. The molecule has 1 unspecified atom stereocenters. The van der Waals surface area contributed by atoms with Gasteiger partial charge in [0.1, 0.15) is 5.82 Å². The Morgan fingerprint density at radius 1 is 1.50 bits per heavy atom. The van der Waals surface area contributed by atoms with E-state index in [4.69, 9.17) is 5.73 Å². The number of hydrogen-bond donors (Lipinski definition) is 1. The van der Waals surface area contributed by atoms with E-state index in [0.29, 0.717) is 5.82 Å². The molecule has 2 heteroatoms. The van der Waals surface area contributed by atoms with Gasteiger partial charge in [0, 0.05) is 6.20 Å². The zero-order chi connectivity index (χ0) is 8.97. The fraction of sp³-hybridized carbons (Fsp3) is 0.500. The van der Waals surface area contributed by atoms with Crippen molar-refractivity contribution in [3.8, 4) is 0 Å². The summed E-state index contributed by atoms with van der Waals surface area (Å²) >= 11 is 0. The number of rotatable bonds is 3. The molecule has 1 aromatic heterocycles. The predicted molar refractivity (Wildman–Crippen MR) is 51.8 cm³/mol. The molecule has 0 aliphatic carbocycles. The Morgan fingerprint density at radius 2 is 2.25 bits per heavy atom. The molecule has 0 amide bonds. The second-order valence-corrected chi connectivity index (χ2v) is 3.31. The Labute approximate surface area is 73.8 Å². The first-order valence-corrected chi connectivity index (χ1v) is 4.42. The molecule has 0 aliphatic heterocycles. The Hall–Kier alpha value is -1.05. The van der Waals surface area contributed by atoms with Gasteiger partial charge in [-0.05, 0) is 24.0 Å². The third kappa shape index (κ3) is 2.53. The van der Waals surface area contributed by atoms with Crippen LogP contribution < -0.4 is 5.73 Å². The second kappa shape index (κ2) is 4.10. The van der Waals surface area contributed by atoms with Crippen LogP contribution in [0, 0.1) is 5.92 Å². The lowest BCUT2D eigenvalue weighted by Crippen LogP contribution is -1.99. The highest BCUT2D eigenvalue weighted by molar-refractivity contribution is 5.29. The monoisotopic (exact) mass is 164 g/mol. The summed E-state index contributed by atoms with van der Waals surface area (Å²) in [6.07, 6.45) is 4.18. The van der Waals surface area contributed by atoms with Crippen LogP contribution in [0.15, 0.2) is 18.3 Å². The molecule has 1 atom stereocenters. The lowest BCUT2D eigenvalue weighted by molar-refractivity contribution is 0.559. The van der Waals surface area contributed by atoms with E-state index in [0.717, 1.165) is 12.3 Å². The van der Waals surface area contributed by atoms with Gasteiger partial charge in [0.05, 0.1) is 0 Å². The van der Waals surface area contributed by atoms with Gasteiger partial charge >= 0.3 is 0 Å². The summed E-state index contributed by atoms with van der Waals surface area (Å²) in [6, 6.07) is 3.91. The van der Waals surface area contributed by atoms with Crippen LogP contribution in [-0.4, -0.2) is 4.98 Å². The molecule has 2 nitrogen and oxygen atoms in total. The standard InChI is InChI=1S/C10H16N2/c1-3-8(2)6-9-4-5-10(11)12-7-9/h4-5,7-8H,3,6H2,1-2H3,(H2,11,12). The van der Waals surface area contributed by atoms with Crippen LogP contribution in [0.25, 0.3) is 0 Å². The molecule has 1 rings (SSSR count). The minimum Gasteiger partial charge on any atom is -0.384 e. The summed E-state index contributed by atoms with van der Waals surface area (Å²) in [4.78, 5) is 4.04. The molecule has 0 saturated heterocycles. The number of nitrogens with two attached hydrogens (primary N) is 1. The quantitative estimate of drug-likeness (QED) is 0.744. The fourth-order valence-corrected chi connectivity index (χ4v) is 1.10. The molecule has 0 fully saturated rings. The highest BCUT2D eigenvalue weighted by atomic mass is 14.8. The van der Waals surface area contributed by atoms with E-state index in [1.54, 1.807) is 0 Å². The summed E-state index contributed by atoms with van der Waals surface area (Å²) in [7, 11) is 0. The van der Waals surface area contributed by atoms with Crippen molar-refractivity contribution in [2.24, 2.45) is 5.92 Å². The zero-order valence-electron chi connectivity index (χ0n) is 7.75. The minimum absolute atomic E-state index is 0.600. The second-order valence-electron chi connectivity index (χ2n) is 3.31. The van der Waals surface area contributed by atoms with Crippen molar-refractivity contribution in [3.05, 3.63) is 23.9 Å². The predicted octanol–water partition coefficient (Wildman–Crippen LogP) is 2.25. The van der Waals surface area contributed by atoms with Crippen LogP contribution in [0.4, 0.5) is 5.82 Å². The molecule has 0 radical (unpaired) electrons. The molecule has 2 N–H and O–H groups in total. The van der Waals surface area contributed by atoms with Crippen molar-refractivity contribution in [2.75, 3.05) is 5.73 Å². The van der Waals surface area contributed by atoms with Crippen molar-refractivity contribution in [1.29, 1.82) is 0 Å². The number of nitrogens with zero attached hydrogens (tertiary/aromatic N) is 1. The molecule has 0 bridgehead atoms. The van der Waals surface area contributed by atoms with Gasteiger partial charge < -0.3 is 5.73 Å². The average molecular weight is 164 g/mol. The Kier molecular flexibility index (Phi) is 3.09. The highest BCUT2D eigenvalue weighted by Crippen LogP contribution is 2.10. The molecule has 12 heavy (non-hydrogen) atoms. The molecule has 1 heterocycles. The number of pyridine rings is 1. The smallest absolute Gasteiger partial charge is 0.123 e. The van der Waals surface area contributed by atoms with Crippen LogP contribution >= 0.6 is 0 Å². The maximum absolute atomic E-state index is 5.48. The summed E-state index contributed by atoms with van der Waals surface area (Å²) < 4.78 is 0. The average Bonchev–Trinajstić information content (AvgIpc) is 2.09. The van der Waals surface area contributed by atoms with Crippen molar-refractivity contribution < 1.29 is 0 Å². The van der Waals surface area contributed by atoms with E-state index in [-0.39, 0.29) is 0 Å². The summed E-state index contributed by atoms with van der Waals surface area (Å²) in [5.41, 5.74) is 6.76. The van der Waals surface area contributed by atoms with E-state index in [9.17, 15) is 0 Å². The topological polar surface area (TPSA) is 38.9 Å². The number of aromatic nitrogens is 1. The maximum atomic E-state index is 5.48. The van der Waals surface area contributed by atoms with Crippen LogP contribution in [0.1, 0.15) is 25.8 Å². The summed E-state index contributed by atoms with van der Waals surface area (Å²) in [5, 5.41) is 0. The van der Waals surface area contributed by atoms with E-state index in [2.05, 4.69) is 24.9 Å². The zero-order valence-corrected chi connectivity index (χ0v) is 7.75. The van der Waals surface area contributed by atoms with E-state index in [1.165, 1.54) is 12.0 Å². The lowest BCUT2D eigenvalue weighted by Gasteiger charge is -2.07. The van der Waals surface area contributed by atoms with Gasteiger partial charge in [0.15, 0.2) is 0 Å². The molecule has 1 aromatic rings. The Balaban J connectivity index is 2.58. The summed E-state index contributed by atoms with van der Waals surface area (Å²) in [5.74, 6) is 1.33. The van der Waals surface area contributed by atoms with Crippen LogP contribution in [0.5, 0.6) is 0 Å². The SMILES string of the molecule is CCC(C)Cc1ccc(N)nc1. The van der Waals surface area contributed by atoms with E-state index >= 15 is 0 Å². The molecular formula is C10H16N2. The van der Waals surface area contributed by atoms with Crippen molar-refractivity contribution >= 4 is 5.82 Å². The van der Waals surface area contributed by atoms with Crippen LogP contribution in [-0.2, 0) is 6.42 Å². The largest absolute Gasteiger partial charge is 0.384 e. The number of nitrogen functional groups attached to an aromatic ring is 1. The van der Waals surface area contributed by atoms with E-state index < -0.39 is 0 Å². The molecule has 0 aromatic carbocycles. The van der Waals surface area contributed by atoms with Crippen molar-refractivity contribution in [1.82, 2.24) is 4.98 Å². The molecule has 0 saturated carbocycles. The summed E-state index contributed by atoms with van der Waals surface area (Å²) in [6.45, 7) is 4.45. The number of anilines is 1. The molecular weight excluding hydrogens is 148 g/mol. The Morgan fingerprint density at radius 3 is 2.75 bits per heavy atom. The maximum Gasteiger partial charge on any atom is 0.123 e. The first-order chi connectivity index (χ1) is 5.72. The van der Waals surface area contributed by atoms with Crippen molar-refractivity contribution in [2.45, 2.75) is 26.7 Å². The van der Waals surface area contributed by atoms with Gasteiger partial charge in [-0.2, -0.15) is 0 Å². The van der Waals surface area contributed by atoms with Gasteiger partial charge in [0.25, 0.3) is 0 Å². The van der Waals surface area contributed by atoms with Crippen molar-refractivity contribution in [3.63, 3.8) is 0 Å². The third-order valence-electron chi connectivity index (χ3n) is 2.13. The third-order valence-corrected chi connectivity index (χ3v) is 2.13. The van der Waals surface area contributed by atoms with Gasteiger partial charge in [-0.1, -0.05) is 26.3 Å². The number of hydrogen-bond acceptors (Lipinski definition) is 2. The Bertz CT molecular complexity index is 228. The van der Waals surface area contributed by atoms with Gasteiger partial charge in [-0.25, -0.2) is 4.98 Å². The normalized spacial score (nSPS) is 12.8. The fourth-order valence-electron chi connectivity index (χ4n) is 1.10. The minimum atomic E-state index is 0.600. The molecule has 0 aliphatic rings. The van der Waals surface area contributed by atoms with Gasteiger partial charge in [-0.3, -0.25) is 0 Å². The van der Waals surface area contributed by atoms with Gasteiger partial charge in [-0.15, -0.1) is 0 Å². The first-order valence-electron chi connectivity index (χ1n) is 4.42. The van der Waals surface area contributed by atoms with Gasteiger partial charge in [0.2, 0.25) is 0 Å².